The van der Waals surface area contributed by atoms with E-state index in [0.717, 1.165) is 11.3 Å². The van der Waals surface area contributed by atoms with Crippen LogP contribution in [0.5, 0.6) is 5.75 Å². The van der Waals surface area contributed by atoms with E-state index in [9.17, 15) is 0 Å². The van der Waals surface area contributed by atoms with E-state index in [4.69, 9.17) is 4.74 Å². The molecule has 1 nitrogen and oxygen atoms in total. The van der Waals surface area contributed by atoms with Crippen molar-refractivity contribution in [3.8, 4) is 17.6 Å². The van der Waals surface area contributed by atoms with E-state index in [1.54, 1.807) is 0 Å². The van der Waals surface area contributed by atoms with Gasteiger partial charge in [-0.25, -0.2) is 0 Å². The monoisotopic (exact) mass is 200 g/mol. The molecule has 0 saturated heterocycles. The predicted molar refractivity (Wildman–Crippen MR) is 64.7 cm³/mol. The van der Waals surface area contributed by atoms with Crippen molar-refractivity contribution in [2.75, 3.05) is 6.61 Å². The van der Waals surface area contributed by atoms with Gasteiger partial charge in [0.05, 0.1) is 0 Å². The van der Waals surface area contributed by atoms with E-state index in [0.29, 0.717) is 6.61 Å². The third-order valence-electron chi connectivity index (χ3n) is 1.80. The highest BCUT2D eigenvalue weighted by molar-refractivity contribution is 5.53. The molecule has 78 valence electrons. The quantitative estimate of drug-likeness (QED) is 0.678. The lowest BCUT2D eigenvalue weighted by Crippen LogP contribution is -1.93. The van der Waals surface area contributed by atoms with Crippen molar-refractivity contribution in [1.82, 2.24) is 0 Å². The average molecular weight is 200 g/mol. The Bertz CT molecular complexity index is 401. The van der Waals surface area contributed by atoms with Gasteiger partial charge in [-0.15, -0.1) is 5.92 Å². The van der Waals surface area contributed by atoms with Crippen LogP contribution >= 0.6 is 0 Å². The Morgan fingerprint density at radius 1 is 1.40 bits per heavy atom. The molecule has 0 radical (unpaired) electrons. The highest BCUT2D eigenvalue weighted by Crippen LogP contribution is 2.15. The Kier molecular flexibility index (Phi) is 4.50. The lowest BCUT2D eigenvalue weighted by Gasteiger charge is -2.03. The molecule has 0 aliphatic rings. The fourth-order valence-corrected chi connectivity index (χ4v) is 1.22. The molecular weight excluding hydrogens is 184 g/mol. The maximum absolute atomic E-state index is 5.47. The van der Waals surface area contributed by atoms with E-state index in [1.807, 2.05) is 25.1 Å². The normalized spacial score (nSPS) is 8.73. The summed E-state index contributed by atoms with van der Waals surface area (Å²) in [6.07, 6.45) is 2.12. The van der Waals surface area contributed by atoms with Crippen LogP contribution in [-0.4, -0.2) is 6.61 Å². The smallest absolute Gasteiger partial charge is 0.149 e. The van der Waals surface area contributed by atoms with Crippen LogP contribution in [0.1, 0.15) is 26.3 Å². The topological polar surface area (TPSA) is 9.23 Å². The highest BCUT2D eigenvalue weighted by Gasteiger charge is 1.93. The van der Waals surface area contributed by atoms with Crippen molar-refractivity contribution >= 4 is 6.08 Å². The zero-order valence-corrected chi connectivity index (χ0v) is 9.50. The maximum Gasteiger partial charge on any atom is 0.149 e. The van der Waals surface area contributed by atoms with Crippen molar-refractivity contribution in [2.24, 2.45) is 0 Å². The van der Waals surface area contributed by atoms with E-state index in [1.165, 1.54) is 5.57 Å². The zero-order valence-electron chi connectivity index (χ0n) is 9.50. The summed E-state index contributed by atoms with van der Waals surface area (Å²) in [6.45, 7) is 6.42. The minimum absolute atomic E-state index is 0.453. The highest BCUT2D eigenvalue weighted by atomic mass is 16.5. The first kappa shape index (κ1) is 11.4. The van der Waals surface area contributed by atoms with Crippen LogP contribution in [0.15, 0.2) is 29.8 Å². The van der Waals surface area contributed by atoms with Crippen LogP contribution in [0.3, 0.4) is 0 Å². The summed E-state index contributed by atoms with van der Waals surface area (Å²) in [5.41, 5.74) is 2.44. The SMILES string of the molecule is CC#CCOc1cccc(C=C(C)C)c1. The largest absolute Gasteiger partial charge is 0.481 e. The van der Waals surface area contributed by atoms with Gasteiger partial charge in [0.1, 0.15) is 12.4 Å². The van der Waals surface area contributed by atoms with Crippen LogP contribution in [0.25, 0.3) is 6.08 Å². The van der Waals surface area contributed by atoms with Crippen molar-refractivity contribution < 1.29 is 4.74 Å². The molecule has 0 aliphatic carbocycles. The van der Waals surface area contributed by atoms with Crippen LogP contribution in [0, 0.1) is 11.8 Å². The van der Waals surface area contributed by atoms with Gasteiger partial charge < -0.3 is 4.74 Å². The average Bonchev–Trinajstić information content (AvgIpc) is 2.18. The summed E-state index contributed by atoms with van der Waals surface area (Å²) in [6, 6.07) is 8.01. The van der Waals surface area contributed by atoms with Crippen molar-refractivity contribution in [3.63, 3.8) is 0 Å². The van der Waals surface area contributed by atoms with E-state index in [-0.39, 0.29) is 0 Å². The van der Waals surface area contributed by atoms with E-state index in [2.05, 4.69) is 37.8 Å². The third-order valence-corrected chi connectivity index (χ3v) is 1.80. The number of rotatable bonds is 3. The molecule has 0 atom stereocenters. The lowest BCUT2D eigenvalue weighted by atomic mass is 10.1. The fraction of sp³-hybridized carbons (Fsp3) is 0.286. The molecule has 0 fully saturated rings. The molecule has 0 bridgehead atoms. The molecule has 0 saturated carbocycles. The van der Waals surface area contributed by atoms with Gasteiger partial charge in [0, 0.05) is 0 Å². The molecule has 0 amide bonds. The second-order valence-electron chi connectivity index (χ2n) is 3.51. The standard InChI is InChI=1S/C14H16O/c1-4-5-9-15-14-8-6-7-13(11-14)10-12(2)3/h6-8,10-11H,9H2,1-3H3. The molecular formula is C14H16O. The summed E-state index contributed by atoms with van der Waals surface area (Å²) >= 11 is 0. The number of hydrogen-bond donors (Lipinski definition) is 0. The molecule has 0 aromatic heterocycles. The summed E-state index contributed by atoms with van der Waals surface area (Å²) in [5.74, 6) is 6.54. The van der Waals surface area contributed by atoms with Gasteiger partial charge in [-0.1, -0.05) is 29.7 Å². The van der Waals surface area contributed by atoms with Crippen LogP contribution in [-0.2, 0) is 0 Å². The molecule has 15 heavy (non-hydrogen) atoms. The van der Waals surface area contributed by atoms with Crippen molar-refractivity contribution in [2.45, 2.75) is 20.8 Å². The zero-order chi connectivity index (χ0) is 11.1. The number of ether oxygens (including phenoxy) is 1. The van der Waals surface area contributed by atoms with Gasteiger partial charge >= 0.3 is 0 Å². The predicted octanol–water partition coefficient (Wildman–Crippen LogP) is 3.51. The molecule has 0 unspecified atom stereocenters. The van der Waals surface area contributed by atoms with Gasteiger partial charge in [-0.2, -0.15) is 0 Å². The molecule has 0 aliphatic heterocycles. The maximum atomic E-state index is 5.47. The van der Waals surface area contributed by atoms with Crippen molar-refractivity contribution in [3.05, 3.63) is 35.4 Å². The minimum atomic E-state index is 0.453. The van der Waals surface area contributed by atoms with Gasteiger partial charge in [0.15, 0.2) is 0 Å². The minimum Gasteiger partial charge on any atom is -0.481 e. The molecule has 1 rings (SSSR count). The Labute approximate surface area is 91.8 Å². The first-order chi connectivity index (χ1) is 7.22. The first-order valence-electron chi connectivity index (χ1n) is 5.00. The number of hydrogen-bond acceptors (Lipinski definition) is 1. The fourth-order valence-electron chi connectivity index (χ4n) is 1.22. The van der Waals surface area contributed by atoms with Gasteiger partial charge in [0.25, 0.3) is 0 Å². The lowest BCUT2D eigenvalue weighted by molar-refractivity contribution is 0.370. The van der Waals surface area contributed by atoms with Crippen LogP contribution < -0.4 is 4.74 Å². The van der Waals surface area contributed by atoms with Crippen molar-refractivity contribution in [1.29, 1.82) is 0 Å². The van der Waals surface area contributed by atoms with Gasteiger partial charge in [-0.05, 0) is 38.5 Å². The number of allylic oxidation sites excluding steroid dienone is 1. The van der Waals surface area contributed by atoms with Gasteiger partial charge in [0.2, 0.25) is 0 Å². The van der Waals surface area contributed by atoms with Gasteiger partial charge in [-0.3, -0.25) is 0 Å². The summed E-state index contributed by atoms with van der Waals surface area (Å²) in [7, 11) is 0. The Hall–Kier alpha value is -1.68. The molecule has 0 N–H and O–H groups in total. The van der Waals surface area contributed by atoms with Crippen LogP contribution in [0.4, 0.5) is 0 Å². The third kappa shape index (κ3) is 4.37. The molecule has 1 aromatic carbocycles. The summed E-state index contributed by atoms with van der Waals surface area (Å²) in [5, 5.41) is 0. The second-order valence-corrected chi connectivity index (χ2v) is 3.51. The molecule has 1 aromatic rings. The summed E-state index contributed by atoms with van der Waals surface area (Å²) in [4.78, 5) is 0. The molecule has 1 heteroatoms. The molecule has 0 heterocycles. The Morgan fingerprint density at radius 2 is 2.20 bits per heavy atom. The molecule has 0 spiro atoms. The second kappa shape index (κ2) is 5.93. The van der Waals surface area contributed by atoms with E-state index >= 15 is 0 Å². The number of benzene rings is 1. The first-order valence-corrected chi connectivity index (χ1v) is 5.00. The summed E-state index contributed by atoms with van der Waals surface area (Å²) < 4.78 is 5.47. The Balaban J connectivity index is 2.73. The Morgan fingerprint density at radius 3 is 2.87 bits per heavy atom. The van der Waals surface area contributed by atoms with Crippen LogP contribution in [0.2, 0.25) is 0 Å². The van der Waals surface area contributed by atoms with E-state index < -0.39 is 0 Å².